The molecule has 1 unspecified atom stereocenters. The summed E-state index contributed by atoms with van der Waals surface area (Å²) in [5.41, 5.74) is 3.18. The molecule has 0 saturated carbocycles. The Kier molecular flexibility index (Phi) is 23.7. The fourth-order valence-corrected chi connectivity index (χ4v) is 3.61. The van der Waals surface area contributed by atoms with E-state index >= 15 is 0 Å². The zero-order valence-electron chi connectivity index (χ0n) is 21.5. The van der Waals surface area contributed by atoms with Crippen molar-refractivity contribution >= 4 is 25.7 Å². The summed E-state index contributed by atoms with van der Waals surface area (Å²) in [5.74, 6) is -2.61. The summed E-state index contributed by atoms with van der Waals surface area (Å²) in [6.45, 7) is 2.40. The van der Waals surface area contributed by atoms with Crippen LogP contribution < -0.4 is 45.3 Å². The van der Waals surface area contributed by atoms with Crippen molar-refractivity contribution in [2.24, 2.45) is 0 Å². The third-order valence-electron chi connectivity index (χ3n) is 4.88. The minimum atomic E-state index is -4.91. The molecule has 0 fully saturated rings. The van der Waals surface area contributed by atoms with Crippen molar-refractivity contribution < 1.29 is 82.8 Å². The number of esters is 2. The first-order chi connectivity index (χ1) is 16.1. The number of hydrogen-bond donors (Lipinski definition) is 1. The van der Waals surface area contributed by atoms with Crippen molar-refractivity contribution in [1.29, 1.82) is 0 Å². The van der Waals surface area contributed by atoms with Gasteiger partial charge in [0.15, 0.2) is 6.10 Å². The zero-order chi connectivity index (χ0) is 25.8. The van der Waals surface area contributed by atoms with Gasteiger partial charge < -0.3 is 39.0 Å². The molecule has 0 radical (unpaired) electrons. The molecule has 200 valence electrons. The summed E-state index contributed by atoms with van der Waals surface area (Å²) in [5, 5.41) is 10.6. The number of ether oxygens (including phenoxy) is 2. The first-order valence-corrected chi connectivity index (χ1v) is 13.6. The molecule has 0 aliphatic heterocycles. The summed E-state index contributed by atoms with van der Waals surface area (Å²) >= 11 is 0. The fraction of sp³-hybridized carbons (Fsp3) is 0.864. The monoisotopic (exact) mass is 533 g/mol. The van der Waals surface area contributed by atoms with Crippen molar-refractivity contribution in [3.8, 4) is 0 Å². The Balaban J connectivity index is 0. The molecule has 0 aliphatic rings. The summed E-state index contributed by atoms with van der Waals surface area (Å²) < 4.78 is 31.4. The van der Waals surface area contributed by atoms with Gasteiger partial charge in [-0.2, -0.15) is 0 Å². The van der Waals surface area contributed by atoms with Crippen LogP contribution >= 0.6 is 7.82 Å². The maximum atomic E-state index is 12.1. The fourth-order valence-electron chi connectivity index (χ4n) is 2.83. The first kappa shape index (κ1) is 36.6. The first-order valence-electron chi connectivity index (χ1n) is 12.1. The van der Waals surface area contributed by atoms with Gasteiger partial charge in [0.1, 0.15) is 25.2 Å². The van der Waals surface area contributed by atoms with Gasteiger partial charge >= 0.3 is 41.5 Å². The number of quaternary nitrogens is 1. The SMILES string of the molecule is CCCCCCCC(=O)OC[C@H](COP(=O)([O-])OC[C@H]([NH3+])C(=O)[O-])OC(=O)CCCCCCC.[Na+]. The Morgan fingerprint density at radius 1 is 0.800 bits per heavy atom. The second-order valence-electron chi connectivity index (χ2n) is 8.18. The van der Waals surface area contributed by atoms with Gasteiger partial charge in [-0.05, 0) is 12.8 Å². The van der Waals surface area contributed by atoms with Crippen LogP contribution in [0.15, 0.2) is 0 Å². The predicted molar refractivity (Wildman–Crippen MR) is 119 cm³/mol. The van der Waals surface area contributed by atoms with Gasteiger partial charge in [-0.15, -0.1) is 0 Å². The number of unbranched alkanes of at least 4 members (excludes halogenated alkanes) is 8. The number of aliphatic carboxylic acids is 1. The maximum absolute atomic E-state index is 12.1. The van der Waals surface area contributed by atoms with E-state index in [2.05, 4.69) is 24.1 Å². The van der Waals surface area contributed by atoms with Gasteiger partial charge in [0.2, 0.25) is 0 Å². The third-order valence-corrected chi connectivity index (χ3v) is 5.81. The van der Waals surface area contributed by atoms with E-state index in [0.29, 0.717) is 12.8 Å². The molecule has 0 aromatic carbocycles. The van der Waals surface area contributed by atoms with E-state index in [4.69, 9.17) is 14.0 Å². The van der Waals surface area contributed by atoms with Gasteiger partial charge in [-0.3, -0.25) is 14.2 Å². The number of carboxylic acid groups (broad SMARTS) is 1. The maximum Gasteiger partial charge on any atom is 1.00 e. The Bertz CT molecular complexity index is 637. The third kappa shape index (κ3) is 22.4. The van der Waals surface area contributed by atoms with Crippen LogP contribution in [0, 0.1) is 0 Å². The normalized spacial score (nSPS) is 14.3. The molecule has 0 aromatic rings. The summed E-state index contributed by atoms with van der Waals surface area (Å²) in [6.07, 6.45) is 8.62. The van der Waals surface area contributed by atoms with Crippen LogP contribution in [0.1, 0.15) is 90.9 Å². The summed E-state index contributed by atoms with van der Waals surface area (Å²) in [6, 6.07) is -1.41. The molecule has 0 amide bonds. The van der Waals surface area contributed by atoms with Crippen LogP contribution in [-0.2, 0) is 37.5 Å². The van der Waals surface area contributed by atoms with Crippen molar-refractivity contribution in [3.63, 3.8) is 0 Å². The molecular weight excluding hydrogens is 492 g/mol. The zero-order valence-corrected chi connectivity index (χ0v) is 24.4. The van der Waals surface area contributed by atoms with E-state index in [1.165, 1.54) is 0 Å². The van der Waals surface area contributed by atoms with Crippen LogP contribution in [0.3, 0.4) is 0 Å². The Labute approximate surface area is 230 Å². The Morgan fingerprint density at radius 2 is 1.29 bits per heavy atom. The van der Waals surface area contributed by atoms with Gasteiger partial charge in [0.25, 0.3) is 7.82 Å². The molecule has 3 atom stereocenters. The van der Waals surface area contributed by atoms with Crippen LogP contribution in [0.25, 0.3) is 0 Å². The number of hydrogen-bond acceptors (Lipinski definition) is 10. The number of phosphoric ester groups is 1. The van der Waals surface area contributed by atoms with E-state index in [-0.39, 0.29) is 49.0 Å². The van der Waals surface area contributed by atoms with Crippen LogP contribution in [0.2, 0.25) is 0 Å². The molecule has 3 N–H and O–H groups in total. The van der Waals surface area contributed by atoms with E-state index in [0.717, 1.165) is 51.4 Å². The Hall–Kier alpha value is -0.520. The molecule has 13 heteroatoms. The van der Waals surface area contributed by atoms with E-state index in [1.807, 2.05) is 0 Å². The average molecular weight is 534 g/mol. The molecular formula is C22H41NNaO10P. The molecule has 0 heterocycles. The molecule has 0 aromatic heterocycles. The van der Waals surface area contributed by atoms with Gasteiger partial charge in [0, 0.05) is 12.8 Å². The van der Waals surface area contributed by atoms with E-state index in [1.54, 1.807) is 0 Å². The molecule has 0 spiro atoms. The predicted octanol–water partition coefficient (Wildman–Crippen LogP) is -1.97. The van der Waals surface area contributed by atoms with Gasteiger partial charge in [0.05, 0.1) is 6.61 Å². The van der Waals surface area contributed by atoms with Gasteiger partial charge in [-0.1, -0.05) is 65.2 Å². The van der Waals surface area contributed by atoms with Crippen LogP contribution in [0.4, 0.5) is 0 Å². The van der Waals surface area contributed by atoms with Crippen LogP contribution in [-0.4, -0.2) is 49.9 Å². The molecule has 0 aliphatic carbocycles. The van der Waals surface area contributed by atoms with E-state index in [9.17, 15) is 28.9 Å². The summed E-state index contributed by atoms with van der Waals surface area (Å²) in [7, 11) is -4.91. The number of carbonyl (C=O) groups is 3. The minimum absolute atomic E-state index is 0. The molecule has 0 rings (SSSR count). The second-order valence-corrected chi connectivity index (χ2v) is 9.59. The summed E-state index contributed by atoms with van der Waals surface area (Å²) in [4.78, 5) is 46.6. The smallest absolute Gasteiger partial charge is 0.756 e. The standard InChI is InChI=1S/C22H42NO10P.Na/c1-3-5-7-9-11-13-20(24)30-15-18(33-21(25)14-12-10-8-6-4-2)16-31-34(28,29)32-17-19(23)22(26)27;/h18-19H,3-17,23H2,1-2H3,(H,26,27)(H,28,29);/q;+1/p-1/t18-,19+;/m1./s1. The topological polar surface area (TPSA) is 179 Å². The quantitative estimate of drug-likeness (QED) is 0.0710. The molecule has 0 bridgehead atoms. The van der Waals surface area contributed by atoms with Gasteiger partial charge in [-0.25, -0.2) is 0 Å². The van der Waals surface area contributed by atoms with Crippen LogP contribution in [0.5, 0.6) is 0 Å². The second kappa shape index (κ2) is 22.7. The molecule has 11 nitrogen and oxygen atoms in total. The van der Waals surface area contributed by atoms with Crippen molar-refractivity contribution in [3.05, 3.63) is 0 Å². The number of rotatable bonds is 22. The van der Waals surface area contributed by atoms with Crippen molar-refractivity contribution in [1.82, 2.24) is 0 Å². The van der Waals surface area contributed by atoms with Crippen molar-refractivity contribution in [2.75, 3.05) is 19.8 Å². The van der Waals surface area contributed by atoms with Crippen molar-refractivity contribution in [2.45, 2.75) is 103 Å². The number of phosphoric acid groups is 1. The minimum Gasteiger partial charge on any atom is -0.756 e. The molecule has 35 heavy (non-hydrogen) atoms. The number of carbonyl (C=O) groups excluding carboxylic acids is 3. The number of carboxylic acids is 1. The average Bonchev–Trinajstić information content (AvgIpc) is 2.79. The molecule has 0 saturated heterocycles. The largest absolute Gasteiger partial charge is 1.00 e. The van der Waals surface area contributed by atoms with E-state index < -0.39 is 51.1 Å². The Morgan fingerprint density at radius 3 is 1.80 bits per heavy atom.